The van der Waals surface area contributed by atoms with E-state index in [4.69, 9.17) is 14.9 Å². The molecule has 0 aliphatic carbocycles. The van der Waals surface area contributed by atoms with Gasteiger partial charge in [-0.2, -0.15) is 8.78 Å². The number of unbranched alkanes of at least 4 members (excludes halogenated alkanes) is 1. The fourth-order valence-electron chi connectivity index (χ4n) is 3.32. The summed E-state index contributed by atoms with van der Waals surface area (Å²) in [6.45, 7) is -3.45. The summed E-state index contributed by atoms with van der Waals surface area (Å²) in [4.78, 5) is 28.1. The summed E-state index contributed by atoms with van der Waals surface area (Å²) < 4.78 is 73.0. The van der Waals surface area contributed by atoms with Crippen molar-refractivity contribution in [2.45, 2.75) is 39.0 Å². The molecule has 0 aliphatic rings. The van der Waals surface area contributed by atoms with Crippen LogP contribution in [0.3, 0.4) is 0 Å². The molecule has 1 amide bonds. The smallest absolute Gasteiger partial charge is 0.387 e. The van der Waals surface area contributed by atoms with Crippen LogP contribution in [0.4, 0.5) is 17.6 Å². The van der Waals surface area contributed by atoms with Gasteiger partial charge in [0.1, 0.15) is 11.6 Å². The summed E-state index contributed by atoms with van der Waals surface area (Å²) in [5.41, 5.74) is 5.85. The quantitative estimate of drug-likeness (QED) is 0.187. The zero-order valence-corrected chi connectivity index (χ0v) is 20.3. The second kappa shape index (κ2) is 13.4. The number of hydrogen-bond acceptors (Lipinski definition) is 8. The van der Waals surface area contributed by atoms with Crippen molar-refractivity contribution >= 4 is 11.9 Å². The van der Waals surface area contributed by atoms with Gasteiger partial charge in [-0.15, -0.1) is 0 Å². The van der Waals surface area contributed by atoms with Gasteiger partial charge < -0.3 is 29.7 Å². The Hall–Kier alpha value is -4.13. The molecule has 0 atom stereocenters. The highest BCUT2D eigenvalue weighted by molar-refractivity contribution is 5.93. The lowest BCUT2D eigenvalue weighted by molar-refractivity contribution is -0.140. The molecule has 0 saturated carbocycles. The second-order valence-corrected chi connectivity index (χ2v) is 7.84. The van der Waals surface area contributed by atoms with E-state index >= 15 is 0 Å². The summed E-state index contributed by atoms with van der Waals surface area (Å²) in [6, 6.07) is 6.91. The Morgan fingerprint density at radius 1 is 1.11 bits per heavy atom. The Kier molecular flexibility index (Phi) is 10.0. The SMILES string of the molecule is COC(=O)CCCCOc1cc(-c2nc(C(=O)NCc3ccc(F)cc3F)c(CN)o2)ccc1OC(F)F. The van der Waals surface area contributed by atoms with Crippen molar-refractivity contribution in [1.82, 2.24) is 10.3 Å². The molecule has 0 radical (unpaired) electrons. The van der Waals surface area contributed by atoms with Gasteiger partial charge in [0.2, 0.25) is 5.89 Å². The monoisotopic (exact) mass is 539 g/mol. The van der Waals surface area contributed by atoms with Gasteiger partial charge in [0.15, 0.2) is 23.0 Å². The van der Waals surface area contributed by atoms with Gasteiger partial charge in [0, 0.05) is 30.2 Å². The number of nitrogens with one attached hydrogen (secondary N) is 1. The molecule has 0 spiro atoms. The van der Waals surface area contributed by atoms with E-state index in [0.29, 0.717) is 18.9 Å². The number of hydrogen-bond donors (Lipinski definition) is 2. The number of rotatable bonds is 13. The van der Waals surface area contributed by atoms with E-state index < -0.39 is 24.2 Å². The van der Waals surface area contributed by atoms with Gasteiger partial charge in [-0.25, -0.2) is 13.8 Å². The van der Waals surface area contributed by atoms with Crippen molar-refractivity contribution in [1.29, 1.82) is 0 Å². The number of oxazole rings is 1. The van der Waals surface area contributed by atoms with Crippen LogP contribution in [0.25, 0.3) is 11.5 Å². The molecule has 0 unspecified atom stereocenters. The highest BCUT2D eigenvalue weighted by Crippen LogP contribution is 2.34. The minimum atomic E-state index is -3.10. The lowest BCUT2D eigenvalue weighted by Crippen LogP contribution is -2.25. The average molecular weight is 539 g/mol. The average Bonchev–Trinajstić information content (AvgIpc) is 3.33. The molecule has 13 heteroatoms. The Morgan fingerprint density at radius 3 is 2.58 bits per heavy atom. The maximum absolute atomic E-state index is 13.9. The third-order valence-corrected chi connectivity index (χ3v) is 5.22. The first-order valence-corrected chi connectivity index (χ1v) is 11.4. The van der Waals surface area contributed by atoms with Crippen molar-refractivity contribution in [2.75, 3.05) is 13.7 Å². The molecule has 0 saturated heterocycles. The van der Waals surface area contributed by atoms with E-state index in [0.717, 1.165) is 6.07 Å². The minimum absolute atomic E-state index is 0.0234. The molecular formula is C25H25F4N3O6. The summed E-state index contributed by atoms with van der Waals surface area (Å²) in [6.07, 6.45) is 1.07. The number of methoxy groups -OCH3 is 1. The molecule has 9 nitrogen and oxygen atoms in total. The number of amides is 1. The summed E-state index contributed by atoms with van der Waals surface area (Å²) in [7, 11) is 1.28. The van der Waals surface area contributed by atoms with Crippen LogP contribution in [0.1, 0.15) is 41.1 Å². The zero-order chi connectivity index (χ0) is 27.7. The molecule has 3 rings (SSSR count). The van der Waals surface area contributed by atoms with Crippen molar-refractivity contribution in [3.63, 3.8) is 0 Å². The predicted molar refractivity (Wildman–Crippen MR) is 125 cm³/mol. The number of alkyl halides is 2. The summed E-state index contributed by atoms with van der Waals surface area (Å²) in [5, 5.41) is 2.47. The van der Waals surface area contributed by atoms with Crippen LogP contribution in [-0.2, 0) is 22.6 Å². The first-order chi connectivity index (χ1) is 18.2. The van der Waals surface area contributed by atoms with Crippen LogP contribution in [0.5, 0.6) is 11.5 Å². The zero-order valence-electron chi connectivity index (χ0n) is 20.3. The number of aromatic nitrogens is 1. The van der Waals surface area contributed by atoms with Crippen LogP contribution in [-0.4, -0.2) is 37.2 Å². The fraction of sp³-hybridized carbons (Fsp3) is 0.320. The van der Waals surface area contributed by atoms with Gasteiger partial charge in [0.05, 0.1) is 20.3 Å². The molecule has 3 N–H and O–H groups in total. The highest BCUT2D eigenvalue weighted by Gasteiger charge is 2.22. The van der Waals surface area contributed by atoms with Crippen molar-refractivity contribution < 1.29 is 45.8 Å². The third kappa shape index (κ3) is 7.68. The van der Waals surface area contributed by atoms with Gasteiger partial charge in [0.25, 0.3) is 5.91 Å². The molecule has 1 aromatic heterocycles. The first kappa shape index (κ1) is 28.4. The Labute approximate surface area is 214 Å². The number of halogens is 4. The molecule has 1 heterocycles. The van der Waals surface area contributed by atoms with E-state index in [1.807, 2.05) is 0 Å². The van der Waals surface area contributed by atoms with Crippen molar-refractivity contribution in [3.8, 4) is 23.0 Å². The van der Waals surface area contributed by atoms with E-state index in [2.05, 4.69) is 19.8 Å². The largest absolute Gasteiger partial charge is 0.490 e. The van der Waals surface area contributed by atoms with E-state index in [1.165, 1.54) is 31.4 Å². The fourth-order valence-corrected chi connectivity index (χ4v) is 3.32. The lowest BCUT2D eigenvalue weighted by Gasteiger charge is -2.13. The number of nitrogens with zero attached hydrogens (tertiary/aromatic N) is 1. The van der Waals surface area contributed by atoms with Crippen LogP contribution < -0.4 is 20.5 Å². The van der Waals surface area contributed by atoms with Crippen LogP contribution in [0.2, 0.25) is 0 Å². The van der Waals surface area contributed by atoms with Gasteiger partial charge in [-0.3, -0.25) is 9.59 Å². The predicted octanol–water partition coefficient (Wildman–Crippen LogP) is 4.33. The molecule has 3 aromatic rings. The number of carbonyl (C=O) groups excluding carboxylic acids is 2. The first-order valence-electron chi connectivity index (χ1n) is 11.4. The number of ether oxygens (including phenoxy) is 3. The van der Waals surface area contributed by atoms with E-state index in [1.54, 1.807) is 0 Å². The summed E-state index contributed by atoms with van der Waals surface area (Å²) >= 11 is 0. The number of nitrogens with two attached hydrogens (primary N) is 1. The topological polar surface area (TPSA) is 126 Å². The molecule has 2 aromatic carbocycles. The minimum Gasteiger partial charge on any atom is -0.490 e. The molecule has 204 valence electrons. The standard InChI is InChI=1S/C25H25F4N3O6/c1-35-21(33)4-2-3-9-36-19-10-14(6-8-18(19)38-25(28)29)24-32-22(20(12-30)37-24)23(34)31-13-15-5-7-16(26)11-17(15)27/h5-8,10-11,25H,2-4,9,12-13,30H2,1H3,(H,31,34). The van der Waals surface area contributed by atoms with Gasteiger partial charge >= 0.3 is 12.6 Å². The van der Waals surface area contributed by atoms with Gasteiger partial charge in [-0.05, 0) is 37.1 Å². The Bertz CT molecular complexity index is 1270. The number of esters is 1. The van der Waals surface area contributed by atoms with E-state index in [9.17, 15) is 27.2 Å². The van der Waals surface area contributed by atoms with Crippen LogP contribution >= 0.6 is 0 Å². The lowest BCUT2D eigenvalue weighted by atomic mass is 10.2. The van der Waals surface area contributed by atoms with Crippen LogP contribution in [0.15, 0.2) is 40.8 Å². The maximum atomic E-state index is 13.9. The highest BCUT2D eigenvalue weighted by atomic mass is 19.3. The maximum Gasteiger partial charge on any atom is 0.387 e. The van der Waals surface area contributed by atoms with Crippen LogP contribution in [0, 0.1) is 11.6 Å². The number of benzene rings is 2. The number of carbonyl (C=O) groups is 2. The molecule has 0 aliphatic heterocycles. The molecule has 0 fully saturated rings. The Morgan fingerprint density at radius 2 is 1.89 bits per heavy atom. The molecule has 0 bridgehead atoms. The van der Waals surface area contributed by atoms with Crippen molar-refractivity contribution in [3.05, 3.63) is 65.1 Å². The Balaban J connectivity index is 1.76. The second-order valence-electron chi connectivity index (χ2n) is 7.84. The third-order valence-electron chi connectivity index (χ3n) is 5.22. The van der Waals surface area contributed by atoms with Gasteiger partial charge in [-0.1, -0.05) is 6.07 Å². The molecule has 38 heavy (non-hydrogen) atoms. The summed E-state index contributed by atoms with van der Waals surface area (Å²) in [5.74, 6) is -2.97. The van der Waals surface area contributed by atoms with Crippen molar-refractivity contribution in [2.24, 2.45) is 5.73 Å². The van der Waals surface area contributed by atoms with E-state index in [-0.39, 0.29) is 72.1 Å². The normalized spacial score (nSPS) is 10.9. The molecular weight excluding hydrogens is 514 g/mol.